The molecular formula is C30H26N2O2. The number of benzene rings is 4. The van der Waals surface area contributed by atoms with Gasteiger partial charge in [-0.2, -0.15) is 0 Å². The molecule has 168 valence electrons. The average molecular weight is 447 g/mol. The molecule has 1 unspecified atom stereocenters. The first-order valence-corrected chi connectivity index (χ1v) is 11.5. The molecule has 0 saturated carbocycles. The monoisotopic (exact) mass is 446 g/mol. The van der Waals surface area contributed by atoms with E-state index in [0.717, 1.165) is 22.3 Å². The van der Waals surface area contributed by atoms with Crippen LogP contribution in [0.1, 0.15) is 49.0 Å². The lowest BCUT2D eigenvalue weighted by Crippen LogP contribution is -2.35. The fourth-order valence-corrected chi connectivity index (χ4v) is 4.54. The summed E-state index contributed by atoms with van der Waals surface area (Å²) in [4.78, 5) is 29.1. The van der Waals surface area contributed by atoms with E-state index in [1.165, 1.54) is 0 Å². The molecule has 1 atom stereocenters. The molecule has 0 saturated heterocycles. The normalized spacial score (nSPS) is 15.6. The van der Waals surface area contributed by atoms with Crippen molar-refractivity contribution in [1.82, 2.24) is 10.2 Å². The van der Waals surface area contributed by atoms with Gasteiger partial charge in [0.15, 0.2) is 5.78 Å². The molecule has 34 heavy (non-hydrogen) atoms. The number of hydrogen-bond acceptors (Lipinski definition) is 3. The summed E-state index contributed by atoms with van der Waals surface area (Å²) in [5, 5.41) is 3.52. The SMILES string of the molecule is O=C(c1ccccc1)C1NCc2ccccc2CN(C(=O)c2ccccc2)Cc2ccccc21. The van der Waals surface area contributed by atoms with Gasteiger partial charge in [-0.25, -0.2) is 0 Å². The van der Waals surface area contributed by atoms with Crippen LogP contribution in [-0.4, -0.2) is 16.6 Å². The maximum atomic E-state index is 13.6. The summed E-state index contributed by atoms with van der Waals surface area (Å²) < 4.78 is 0. The fraction of sp³-hybridized carbons (Fsp3) is 0.133. The molecule has 1 aliphatic heterocycles. The predicted molar refractivity (Wildman–Crippen MR) is 133 cm³/mol. The second-order valence-electron chi connectivity index (χ2n) is 8.54. The van der Waals surface area contributed by atoms with Crippen LogP contribution in [-0.2, 0) is 19.6 Å². The van der Waals surface area contributed by atoms with Gasteiger partial charge in [-0.05, 0) is 34.4 Å². The van der Waals surface area contributed by atoms with Gasteiger partial charge >= 0.3 is 0 Å². The highest BCUT2D eigenvalue weighted by Crippen LogP contribution is 2.27. The Balaban J connectivity index is 1.60. The van der Waals surface area contributed by atoms with Crippen molar-refractivity contribution in [3.8, 4) is 0 Å². The maximum absolute atomic E-state index is 13.6. The van der Waals surface area contributed by atoms with Crippen molar-refractivity contribution in [3.63, 3.8) is 0 Å². The number of nitrogens with one attached hydrogen (secondary N) is 1. The topological polar surface area (TPSA) is 49.4 Å². The van der Waals surface area contributed by atoms with Crippen LogP contribution in [0.2, 0.25) is 0 Å². The molecule has 0 radical (unpaired) electrons. The Morgan fingerprint density at radius 2 is 1.15 bits per heavy atom. The minimum Gasteiger partial charge on any atom is -0.330 e. The van der Waals surface area contributed by atoms with Crippen LogP contribution < -0.4 is 5.32 Å². The summed E-state index contributed by atoms with van der Waals surface area (Å²) >= 11 is 0. The molecule has 4 heteroatoms. The Morgan fingerprint density at radius 3 is 1.85 bits per heavy atom. The summed E-state index contributed by atoms with van der Waals surface area (Å²) in [6.07, 6.45) is 0. The third kappa shape index (κ3) is 4.54. The van der Waals surface area contributed by atoms with Gasteiger partial charge in [0.1, 0.15) is 0 Å². The van der Waals surface area contributed by atoms with Gasteiger partial charge in [0.25, 0.3) is 5.91 Å². The first-order chi connectivity index (χ1) is 16.7. The molecule has 0 fully saturated rings. The largest absolute Gasteiger partial charge is 0.330 e. The first kappa shape index (κ1) is 21.8. The third-order valence-electron chi connectivity index (χ3n) is 6.33. The molecule has 1 N–H and O–H groups in total. The lowest BCUT2D eigenvalue weighted by molar-refractivity contribution is 0.0728. The Morgan fingerprint density at radius 1 is 0.618 bits per heavy atom. The van der Waals surface area contributed by atoms with Gasteiger partial charge in [0.05, 0.1) is 6.04 Å². The number of amides is 1. The summed E-state index contributed by atoms with van der Waals surface area (Å²) in [6, 6.07) is 34.3. The van der Waals surface area contributed by atoms with Crippen LogP contribution in [0, 0.1) is 0 Å². The van der Waals surface area contributed by atoms with Gasteiger partial charge in [0, 0.05) is 30.8 Å². The molecule has 0 bridgehead atoms. The van der Waals surface area contributed by atoms with Gasteiger partial charge in [-0.1, -0.05) is 97.1 Å². The van der Waals surface area contributed by atoms with Crippen molar-refractivity contribution >= 4 is 11.7 Å². The van der Waals surface area contributed by atoms with E-state index in [1.54, 1.807) is 0 Å². The van der Waals surface area contributed by atoms with E-state index in [-0.39, 0.29) is 11.7 Å². The van der Waals surface area contributed by atoms with Crippen LogP contribution in [0.5, 0.6) is 0 Å². The first-order valence-electron chi connectivity index (χ1n) is 11.5. The standard InChI is InChI=1S/C30H26N2O2/c33-29(22-11-3-1-4-12-22)28-27-18-10-9-17-26(27)21-32(30(34)23-13-5-2-6-14-23)20-25-16-8-7-15-24(25)19-31-28/h1-18,28,31H,19-21H2. The highest BCUT2D eigenvalue weighted by molar-refractivity contribution is 6.01. The molecule has 0 aromatic heterocycles. The van der Waals surface area contributed by atoms with E-state index >= 15 is 0 Å². The maximum Gasteiger partial charge on any atom is 0.254 e. The molecule has 1 aliphatic rings. The fourth-order valence-electron chi connectivity index (χ4n) is 4.54. The van der Waals surface area contributed by atoms with Crippen LogP contribution in [0.3, 0.4) is 0 Å². The van der Waals surface area contributed by atoms with Crippen molar-refractivity contribution < 1.29 is 9.59 Å². The van der Waals surface area contributed by atoms with Crippen LogP contribution in [0.15, 0.2) is 109 Å². The van der Waals surface area contributed by atoms with E-state index in [4.69, 9.17) is 0 Å². The lowest BCUT2D eigenvalue weighted by atomic mass is 9.92. The Labute approximate surface area is 199 Å². The van der Waals surface area contributed by atoms with Crippen molar-refractivity contribution in [2.75, 3.05) is 0 Å². The van der Waals surface area contributed by atoms with Crippen molar-refractivity contribution in [3.05, 3.63) is 143 Å². The molecule has 4 aromatic rings. The lowest BCUT2D eigenvalue weighted by Gasteiger charge is -2.29. The van der Waals surface area contributed by atoms with E-state index in [9.17, 15) is 9.59 Å². The van der Waals surface area contributed by atoms with Crippen molar-refractivity contribution in [2.24, 2.45) is 0 Å². The minimum absolute atomic E-state index is 0.0204. The van der Waals surface area contributed by atoms with Gasteiger partial charge < -0.3 is 4.90 Å². The van der Waals surface area contributed by atoms with Gasteiger partial charge in [-0.15, -0.1) is 0 Å². The number of carbonyl (C=O) groups is 2. The molecule has 1 heterocycles. The molecule has 4 aromatic carbocycles. The zero-order valence-electron chi connectivity index (χ0n) is 18.9. The predicted octanol–water partition coefficient (Wildman–Crippen LogP) is 5.56. The summed E-state index contributed by atoms with van der Waals surface area (Å²) in [5.41, 5.74) is 5.35. The van der Waals surface area contributed by atoms with E-state index in [1.807, 2.05) is 102 Å². The number of rotatable bonds is 3. The van der Waals surface area contributed by atoms with Gasteiger partial charge in [-0.3, -0.25) is 14.9 Å². The molecule has 5 rings (SSSR count). The summed E-state index contributed by atoms with van der Waals surface area (Å²) in [5.74, 6) is -0.00304. The Kier molecular flexibility index (Phi) is 6.32. The smallest absolute Gasteiger partial charge is 0.254 e. The van der Waals surface area contributed by atoms with Crippen LogP contribution in [0.4, 0.5) is 0 Å². The quantitative estimate of drug-likeness (QED) is 0.420. The molecule has 0 spiro atoms. The van der Waals surface area contributed by atoms with E-state index < -0.39 is 6.04 Å². The highest BCUT2D eigenvalue weighted by Gasteiger charge is 2.27. The molecule has 4 nitrogen and oxygen atoms in total. The number of carbonyl (C=O) groups excluding carboxylic acids is 2. The molecular weight excluding hydrogens is 420 g/mol. The van der Waals surface area contributed by atoms with Gasteiger partial charge in [0.2, 0.25) is 0 Å². The van der Waals surface area contributed by atoms with E-state index in [2.05, 4.69) is 17.4 Å². The van der Waals surface area contributed by atoms with E-state index in [0.29, 0.717) is 30.8 Å². The minimum atomic E-state index is -0.515. The molecule has 1 amide bonds. The second kappa shape index (κ2) is 9.86. The number of hydrogen-bond donors (Lipinski definition) is 1. The second-order valence-corrected chi connectivity index (χ2v) is 8.54. The number of ketones is 1. The molecule has 0 aliphatic carbocycles. The Bertz CT molecular complexity index is 1300. The number of fused-ring (bicyclic) bond motifs is 2. The zero-order chi connectivity index (χ0) is 23.3. The number of Topliss-reactive ketones (excluding diaryl/α,β-unsaturated/α-hetero) is 1. The highest BCUT2D eigenvalue weighted by atomic mass is 16.2. The zero-order valence-corrected chi connectivity index (χ0v) is 18.9. The summed E-state index contributed by atoms with van der Waals surface area (Å²) in [6.45, 7) is 1.44. The van der Waals surface area contributed by atoms with Crippen LogP contribution in [0.25, 0.3) is 0 Å². The van der Waals surface area contributed by atoms with Crippen LogP contribution >= 0.6 is 0 Å². The van der Waals surface area contributed by atoms with Crippen molar-refractivity contribution in [2.45, 2.75) is 25.7 Å². The Hall–Kier alpha value is -4.02. The summed E-state index contributed by atoms with van der Waals surface area (Å²) in [7, 11) is 0. The third-order valence-corrected chi connectivity index (χ3v) is 6.33. The number of nitrogens with zero attached hydrogens (tertiary/aromatic N) is 1. The van der Waals surface area contributed by atoms with Crippen molar-refractivity contribution in [1.29, 1.82) is 0 Å². The average Bonchev–Trinajstić information content (AvgIpc) is 2.90.